The van der Waals surface area contributed by atoms with Crippen molar-refractivity contribution in [2.24, 2.45) is 0 Å². The standard InChI is InChI=1S/C15H15PS3/c1-10-4-15(19-7-10)16(13-5-11(2)17-8-13)14-6-12(3)18-9-14/h4-9H,1-3H3. The van der Waals surface area contributed by atoms with Crippen LogP contribution in [-0.4, -0.2) is 0 Å². The van der Waals surface area contributed by atoms with Crippen LogP contribution in [-0.2, 0) is 0 Å². The first-order chi connectivity index (χ1) is 9.13. The minimum absolute atomic E-state index is 0.344. The van der Waals surface area contributed by atoms with Crippen molar-refractivity contribution in [2.45, 2.75) is 20.8 Å². The van der Waals surface area contributed by atoms with E-state index in [4.69, 9.17) is 0 Å². The maximum absolute atomic E-state index is 2.36. The summed E-state index contributed by atoms with van der Waals surface area (Å²) in [7, 11) is -0.344. The number of hydrogen-bond acceptors (Lipinski definition) is 3. The molecular weight excluding hydrogens is 307 g/mol. The maximum atomic E-state index is 2.36. The number of thiophene rings is 3. The minimum Gasteiger partial charge on any atom is -0.149 e. The molecule has 0 aliphatic heterocycles. The second-order valence-corrected chi connectivity index (χ2v) is 10.3. The van der Waals surface area contributed by atoms with Gasteiger partial charge >= 0.3 is 0 Å². The maximum Gasteiger partial charge on any atom is 0.0371 e. The van der Waals surface area contributed by atoms with Crippen molar-refractivity contribution in [1.82, 2.24) is 0 Å². The van der Waals surface area contributed by atoms with Crippen LogP contribution in [0.4, 0.5) is 0 Å². The zero-order valence-corrected chi connectivity index (χ0v) is 14.5. The summed E-state index contributed by atoms with van der Waals surface area (Å²) < 4.78 is 1.52. The van der Waals surface area contributed by atoms with Gasteiger partial charge in [-0.3, -0.25) is 0 Å². The zero-order valence-electron chi connectivity index (χ0n) is 11.1. The van der Waals surface area contributed by atoms with E-state index in [9.17, 15) is 0 Å². The lowest BCUT2D eigenvalue weighted by Gasteiger charge is -2.13. The lowest BCUT2D eigenvalue weighted by molar-refractivity contribution is 1.57. The van der Waals surface area contributed by atoms with Crippen molar-refractivity contribution in [1.29, 1.82) is 0 Å². The third-order valence-corrected chi connectivity index (χ3v) is 8.79. The molecule has 0 unspecified atom stereocenters. The highest BCUT2D eigenvalue weighted by Gasteiger charge is 2.20. The van der Waals surface area contributed by atoms with Crippen LogP contribution >= 0.6 is 41.9 Å². The Bertz CT molecular complexity index is 594. The normalized spacial score (nSPS) is 11.4. The average Bonchev–Trinajstić information content (AvgIpc) is 3.05. The monoisotopic (exact) mass is 322 g/mol. The van der Waals surface area contributed by atoms with E-state index in [1.165, 1.54) is 30.5 Å². The molecule has 19 heavy (non-hydrogen) atoms. The Morgan fingerprint density at radius 2 is 1.32 bits per heavy atom. The van der Waals surface area contributed by atoms with Gasteiger partial charge in [0.05, 0.1) is 0 Å². The molecule has 3 rings (SSSR count). The fourth-order valence-corrected chi connectivity index (χ4v) is 8.13. The third kappa shape index (κ3) is 2.85. The van der Waals surface area contributed by atoms with Gasteiger partial charge in [-0.05, 0) is 79.2 Å². The molecule has 0 bridgehead atoms. The molecule has 0 aliphatic carbocycles. The summed E-state index contributed by atoms with van der Waals surface area (Å²) in [6.45, 7) is 6.58. The molecule has 0 fully saturated rings. The lowest BCUT2D eigenvalue weighted by Crippen LogP contribution is -2.16. The van der Waals surface area contributed by atoms with Gasteiger partial charge < -0.3 is 0 Å². The number of aryl methyl sites for hydroxylation is 3. The van der Waals surface area contributed by atoms with Gasteiger partial charge in [0.2, 0.25) is 0 Å². The van der Waals surface area contributed by atoms with Gasteiger partial charge in [0.25, 0.3) is 0 Å². The largest absolute Gasteiger partial charge is 0.149 e. The summed E-state index contributed by atoms with van der Waals surface area (Å²) >= 11 is 5.62. The first kappa shape index (κ1) is 13.5. The third-order valence-electron chi connectivity index (χ3n) is 2.89. The molecule has 0 nitrogen and oxygen atoms in total. The molecule has 0 saturated carbocycles. The molecule has 3 heterocycles. The van der Waals surface area contributed by atoms with E-state index >= 15 is 0 Å². The van der Waals surface area contributed by atoms with E-state index in [0.29, 0.717) is 0 Å². The molecule has 98 valence electrons. The first-order valence-electron chi connectivity index (χ1n) is 6.09. The van der Waals surface area contributed by atoms with Crippen LogP contribution in [0.1, 0.15) is 15.3 Å². The summed E-state index contributed by atoms with van der Waals surface area (Å²) in [5, 5.41) is 9.93. The Balaban J connectivity index is 2.10. The van der Waals surface area contributed by atoms with Crippen LogP contribution < -0.4 is 15.2 Å². The highest BCUT2D eigenvalue weighted by atomic mass is 32.1. The molecule has 0 spiro atoms. The van der Waals surface area contributed by atoms with Crippen molar-refractivity contribution >= 4 is 57.2 Å². The Morgan fingerprint density at radius 1 is 0.737 bits per heavy atom. The molecule has 4 heteroatoms. The van der Waals surface area contributed by atoms with E-state index < -0.39 is 0 Å². The van der Waals surface area contributed by atoms with E-state index in [1.807, 2.05) is 34.0 Å². The van der Waals surface area contributed by atoms with Crippen LogP contribution in [0.25, 0.3) is 0 Å². The Kier molecular flexibility index (Phi) is 3.91. The van der Waals surface area contributed by atoms with Gasteiger partial charge in [0, 0.05) is 14.4 Å². The molecule has 3 aromatic rings. The van der Waals surface area contributed by atoms with Crippen LogP contribution in [0, 0.1) is 20.8 Å². The topological polar surface area (TPSA) is 0 Å². The van der Waals surface area contributed by atoms with E-state index in [0.717, 1.165) is 0 Å². The fourth-order valence-electron chi connectivity index (χ4n) is 2.03. The Morgan fingerprint density at radius 3 is 1.68 bits per heavy atom. The van der Waals surface area contributed by atoms with E-state index in [1.54, 1.807) is 0 Å². The zero-order chi connectivity index (χ0) is 13.4. The van der Waals surface area contributed by atoms with Crippen LogP contribution in [0.15, 0.2) is 34.3 Å². The highest BCUT2D eigenvalue weighted by Crippen LogP contribution is 2.37. The second-order valence-electron chi connectivity index (χ2n) is 4.63. The van der Waals surface area contributed by atoms with Gasteiger partial charge in [-0.2, -0.15) is 0 Å². The Labute approximate surface area is 127 Å². The summed E-state index contributed by atoms with van der Waals surface area (Å²) in [4.78, 5) is 2.81. The van der Waals surface area contributed by atoms with Crippen molar-refractivity contribution < 1.29 is 0 Å². The predicted molar refractivity (Wildman–Crippen MR) is 93.0 cm³/mol. The van der Waals surface area contributed by atoms with Crippen molar-refractivity contribution in [3.63, 3.8) is 0 Å². The smallest absolute Gasteiger partial charge is 0.0371 e. The number of hydrogen-bond donors (Lipinski definition) is 0. The van der Waals surface area contributed by atoms with Crippen molar-refractivity contribution in [3.8, 4) is 0 Å². The van der Waals surface area contributed by atoms with Gasteiger partial charge in [-0.1, -0.05) is 0 Å². The first-order valence-corrected chi connectivity index (χ1v) is 10.1. The van der Waals surface area contributed by atoms with Crippen molar-refractivity contribution in [3.05, 3.63) is 49.7 Å². The quantitative estimate of drug-likeness (QED) is 0.620. The predicted octanol–water partition coefficient (Wildman–Crippen LogP) is 4.55. The molecule has 0 saturated heterocycles. The molecule has 0 atom stereocenters. The molecule has 0 aromatic carbocycles. The molecular formula is C15H15PS3. The molecule has 3 aromatic heterocycles. The fraction of sp³-hybridized carbons (Fsp3) is 0.200. The summed E-state index contributed by atoms with van der Waals surface area (Å²) in [6.07, 6.45) is 0. The van der Waals surface area contributed by atoms with Gasteiger partial charge in [-0.15, -0.1) is 34.0 Å². The second kappa shape index (κ2) is 5.49. The van der Waals surface area contributed by atoms with E-state index in [-0.39, 0.29) is 7.92 Å². The van der Waals surface area contributed by atoms with Crippen LogP contribution in [0.3, 0.4) is 0 Å². The molecule has 0 amide bonds. The molecule has 0 N–H and O–H groups in total. The van der Waals surface area contributed by atoms with Gasteiger partial charge in [0.15, 0.2) is 0 Å². The van der Waals surface area contributed by atoms with Gasteiger partial charge in [-0.25, -0.2) is 0 Å². The SMILES string of the molecule is Cc1csc(P(c2csc(C)c2)c2csc(C)c2)c1. The summed E-state index contributed by atoms with van der Waals surface area (Å²) in [5.74, 6) is 0. The van der Waals surface area contributed by atoms with Crippen molar-refractivity contribution in [2.75, 3.05) is 0 Å². The van der Waals surface area contributed by atoms with Gasteiger partial charge in [0.1, 0.15) is 0 Å². The Hall–Kier alpha value is -0.470. The number of rotatable bonds is 3. The average molecular weight is 322 g/mol. The minimum atomic E-state index is -0.344. The van der Waals surface area contributed by atoms with Crippen LogP contribution in [0.2, 0.25) is 0 Å². The van der Waals surface area contributed by atoms with E-state index in [2.05, 4.69) is 55.1 Å². The van der Waals surface area contributed by atoms with Crippen LogP contribution in [0.5, 0.6) is 0 Å². The highest BCUT2D eigenvalue weighted by molar-refractivity contribution is 7.84. The summed E-state index contributed by atoms with van der Waals surface area (Å²) in [5.41, 5.74) is 1.38. The molecule has 0 radical (unpaired) electrons. The molecule has 0 aliphatic rings. The summed E-state index contributed by atoms with van der Waals surface area (Å²) in [6, 6.07) is 7.08. The lowest BCUT2D eigenvalue weighted by atomic mass is 10.4.